The molecule has 4 aliphatic heterocycles. The van der Waals surface area contributed by atoms with E-state index in [9.17, 15) is 5.11 Å². The number of aryl methyl sites for hydroxylation is 1. The molecule has 0 spiro atoms. The number of fused-ring (bicyclic) bond motifs is 9. The van der Waals surface area contributed by atoms with Crippen molar-refractivity contribution in [1.82, 2.24) is 9.97 Å². The first-order valence-electron chi connectivity index (χ1n) is 20.7. The number of aromatic nitrogens is 2. The first kappa shape index (κ1) is 37.5. The molecule has 5 unspecified atom stereocenters. The predicted molar refractivity (Wildman–Crippen MR) is 232 cm³/mol. The molecule has 6 heterocycles. The quantitative estimate of drug-likeness (QED) is 0.107. The van der Waals surface area contributed by atoms with Crippen LogP contribution < -0.4 is 5.32 Å². The fourth-order valence-electron chi connectivity index (χ4n) is 10.0. The predicted octanol–water partition coefficient (Wildman–Crippen LogP) is 13.0. The Bertz CT molecular complexity index is 1980. The Labute approximate surface area is 331 Å². The maximum atomic E-state index is 11.0. The third-order valence-electron chi connectivity index (χ3n) is 12.7. The molecular formula is C46H59N3OS3. The number of aliphatic hydroxyl groups is 1. The van der Waals surface area contributed by atoms with Gasteiger partial charge in [0, 0.05) is 48.8 Å². The van der Waals surface area contributed by atoms with Crippen molar-refractivity contribution in [2.75, 3.05) is 5.32 Å². The smallest absolute Gasteiger partial charge is 0.112 e. The maximum absolute atomic E-state index is 11.0. The molecule has 7 heteroatoms. The number of thioether (sulfide) groups is 2. The van der Waals surface area contributed by atoms with Gasteiger partial charge in [-0.2, -0.15) is 12.6 Å². The minimum Gasteiger partial charge on any atom is -0.383 e. The normalized spacial score (nSPS) is 27.2. The lowest BCUT2D eigenvalue weighted by Crippen LogP contribution is -2.32. The molecule has 2 bridgehead atoms. The van der Waals surface area contributed by atoms with Gasteiger partial charge in [0.2, 0.25) is 0 Å². The highest BCUT2D eigenvalue weighted by Gasteiger charge is 2.51. The summed E-state index contributed by atoms with van der Waals surface area (Å²) in [7, 11) is 0. The molecule has 2 fully saturated rings. The summed E-state index contributed by atoms with van der Waals surface area (Å²) in [6, 6.07) is 25.9. The van der Waals surface area contributed by atoms with Crippen LogP contribution in [0.1, 0.15) is 126 Å². The van der Waals surface area contributed by atoms with Crippen LogP contribution in [0.2, 0.25) is 0 Å². The molecule has 5 atom stereocenters. The zero-order valence-electron chi connectivity index (χ0n) is 31.7. The number of nitrogens with one attached hydrogen (secondary N) is 3. The molecule has 282 valence electrons. The Morgan fingerprint density at radius 2 is 1.51 bits per heavy atom. The van der Waals surface area contributed by atoms with Crippen LogP contribution >= 0.6 is 36.2 Å². The van der Waals surface area contributed by atoms with Gasteiger partial charge >= 0.3 is 0 Å². The lowest BCUT2D eigenvalue weighted by Gasteiger charge is -2.23. The van der Waals surface area contributed by atoms with Crippen LogP contribution in [0.25, 0.3) is 21.8 Å². The van der Waals surface area contributed by atoms with Crippen molar-refractivity contribution < 1.29 is 5.11 Å². The van der Waals surface area contributed by atoms with Crippen molar-refractivity contribution in [3.05, 3.63) is 89.5 Å². The number of para-hydroxylation sites is 3. The van der Waals surface area contributed by atoms with E-state index in [4.69, 9.17) is 0 Å². The second-order valence-electron chi connectivity index (χ2n) is 16.4. The van der Waals surface area contributed by atoms with Gasteiger partial charge in [-0.05, 0) is 125 Å². The number of thiol groups is 1. The van der Waals surface area contributed by atoms with E-state index in [1.807, 2.05) is 12.1 Å². The largest absolute Gasteiger partial charge is 0.383 e. The van der Waals surface area contributed by atoms with Crippen LogP contribution in [0.5, 0.6) is 0 Å². The number of H-pyrrole nitrogens is 2. The van der Waals surface area contributed by atoms with Gasteiger partial charge in [0.1, 0.15) is 5.60 Å². The second-order valence-corrected chi connectivity index (χ2v) is 19.7. The topological polar surface area (TPSA) is 63.8 Å². The first-order valence-corrected chi connectivity index (χ1v) is 23.0. The second kappa shape index (κ2) is 16.7. The molecule has 4 nitrogen and oxygen atoms in total. The van der Waals surface area contributed by atoms with Gasteiger partial charge < -0.3 is 20.4 Å². The third-order valence-corrected chi connectivity index (χ3v) is 16.0. The van der Waals surface area contributed by atoms with Gasteiger partial charge in [0.05, 0.1) is 16.1 Å². The third kappa shape index (κ3) is 7.97. The minimum absolute atomic E-state index is 0.203. The summed E-state index contributed by atoms with van der Waals surface area (Å²) >= 11 is 8.81. The summed E-state index contributed by atoms with van der Waals surface area (Å²) in [4.78, 5) is 7.23. The van der Waals surface area contributed by atoms with E-state index in [1.54, 1.807) is 11.1 Å². The minimum atomic E-state index is -0.641. The Morgan fingerprint density at radius 1 is 0.792 bits per heavy atom. The molecule has 4 N–H and O–H groups in total. The van der Waals surface area contributed by atoms with Crippen LogP contribution in [0.15, 0.2) is 82.8 Å². The molecule has 5 aromatic rings. The van der Waals surface area contributed by atoms with E-state index in [0.717, 1.165) is 40.5 Å². The highest BCUT2D eigenvalue weighted by Crippen LogP contribution is 2.52. The summed E-state index contributed by atoms with van der Waals surface area (Å²) in [6.45, 7) is 4.50. The number of benzene rings is 3. The fourth-order valence-corrected chi connectivity index (χ4v) is 13.3. The fraction of sp³-hybridized carbons (Fsp3) is 0.522. The highest BCUT2D eigenvalue weighted by molar-refractivity contribution is 8.00. The zero-order chi connectivity index (χ0) is 36.4. The number of aromatic amines is 2. The monoisotopic (exact) mass is 765 g/mol. The Balaban J connectivity index is 0.000000114. The molecule has 2 aromatic heterocycles. The van der Waals surface area contributed by atoms with E-state index in [0.29, 0.717) is 11.2 Å². The number of hydrogen-bond donors (Lipinski definition) is 5. The van der Waals surface area contributed by atoms with Crippen molar-refractivity contribution in [2.24, 2.45) is 5.92 Å². The lowest BCUT2D eigenvalue weighted by molar-refractivity contribution is 0.0383. The van der Waals surface area contributed by atoms with Gasteiger partial charge in [-0.25, -0.2) is 0 Å². The van der Waals surface area contributed by atoms with Crippen LogP contribution in [0, 0.1) is 5.92 Å². The van der Waals surface area contributed by atoms with Crippen LogP contribution in [0.4, 0.5) is 5.69 Å². The van der Waals surface area contributed by atoms with Gasteiger partial charge in [0.15, 0.2) is 0 Å². The van der Waals surface area contributed by atoms with Gasteiger partial charge in [0.25, 0.3) is 0 Å². The number of hydrogen-bond acceptors (Lipinski definition) is 5. The van der Waals surface area contributed by atoms with E-state index < -0.39 is 5.60 Å². The van der Waals surface area contributed by atoms with E-state index in [1.165, 1.54) is 115 Å². The Hall–Kier alpha value is -2.45. The van der Waals surface area contributed by atoms with Crippen molar-refractivity contribution in [1.29, 1.82) is 0 Å². The molecular weight excluding hydrogens is 707 g/mol. The SMILES string of the molecule is CCCC(S)CCC1CC2Nc3ccccc3C2(O)C1.CCCC1CCCc2c([nH]c3ccccc23)S1.c1ccc2c3c([nH]c2c1)SC1CCC3CC1. The van der Waals surface area contributed by atoms with Gasteiger partial charge in [-0.15, -0.1) is 23.5 Å². The van der Waals surface area contributed by atoms with Crippen molar-refractivity contribution in [3.8, 4) is 0 Å². The molecule has 53 heavy (non-hydrogen) atoms. The van der Waals surface area contributed by atoms with E-state index in [2.05, 4.69) is 126 Å². The molecule has 0 radical (unpaired) electrons. The highest BCUT2D eigenvalue weighted by atomic mass is 32.2. The van der Waals surface area contributed by atoms with Crippen LogP contribution in [0.3, 0.4) is 0 Å². The summed E-state index contributed by atoms with van der Waals surface area (Å²) in [5, 5.41) is 22.6. The molecule has 0 amide bonds. The Morgan fingerprint density at radius 3 is 2.30 bits per heavy atom. The van der Waals surface area contributed by atoms with Crippen molar-refractivity contribution >= 4 is 63.6 Å². The van der Waals surface area contributed by atoms with Crippen LogP contribution in [-0.2, 0) is 12.0 Å². The van der Waals surface area contributed by atoms with Crippen molar-refractivity contribution in [2.45, 2.75) is 154 Å². The van der Waals surface area contributed by atoms with Crippen molar-refractivity contribution in [3.63, 3.8) is 0 Å². The van der Waals surface area contributed by atoms with E-state index >= 15 is 0 Å². The molecule has 2 saturated carbocycles. The molecule has 3 aromatic carbocycles. The molecule has 6 aliphatic rings. The summed E-state index contributed by atoms with van der Waals surface area (Å²) in [5.74, 6) is 1.44. The number of anilines is 1. The van der Waals surface area contributed by atoms with Gasteiger partial charge in [-0.3, -0.25) is 0 Å². The first-order chi connectivity index (χ1) is 25.9. The lowest BCUT2D eigenvalue weighted by atomic mass is 9.84. The molecule has 11 rings (SSSR count). The van der Waals surface area contributed by atoms with E-state index in [-0.39, 0.29) is 6.04 Å². The summed E-state index contributed by atoms with van der Waals surface area (Å²) in [6.07, 6.45) is 19.0. The zero-order valence-corrected chi connectivity index (χ0v) is 34.2. The summed E-state index contributed by atoms with van der Waals surface area (Å²) < 4.78 is 0. The average molecular weight is 766 g/mol. The van der Waals surface area contributed by atoms with Crippen LogP contribution in [-0.4, -0.2) is 36.9 Å². The Kier molecular flexibility index (Phi) is 11.8. The standard InChI is InChI=1S/C17H25NOS.C15H19NS.C14H15NS/c1-2-5-13(20)9-8-12-10-16-17(19,11-12)14-6-3-4-7-15(14)18-16;1-2-6-11-7-5-9-13-12-8-3-4-10-14(12)16-15(13)17-11;1-2-4-12-11(3-1)13-9-5-7-10(8-6-9)16-14(13)15-12/h3-4,6-7,12-13,16,18-20H,2,5,8-11H2,1H3;3-4,8,10-11,16H,2,5-7,9H2,1H3;1-4,9-10,15H,5-8H2. The average Bonchev–Trinajstić information content (AvgIpc) is 3.77. The van der Waals surface area contributed by atoms with Gasteiger partial charge in [-0.1, -0.05) is 81.3 Å². The molecule has 2 aliphatic carbocycles. The summed E-state index contributed by atoms with van der Waals surface area (Å²) in [5.41, 5.74) is 7.40. The molecule has 0 saturated heterocycles. The number of rotatable bonds is 7. The maximum Gasteiger partial charge on any atom is 0.112 e.